The van der Waals surface area contributed by atoms with Crippen molar-refractivity contribution >= 4 is 31.5 Å². The fraction of sp³-hybridized carbons (Fsp3) is 0.571. The first-order valence-corrected chi connectivity index (χ1v) is 9.96. The van der Waals surface area contributed by atoms with Crippen molar-refractivity contribution in [2.75, 3.05) is 0 Å². The molecule has 1 rings (SSSR count). The van der Waals surface area contributed by atoms with Gasteiger partial charge in [-0.15, -0.1) is 0 Å². The number of halogens is 2. The Hall–Kier alpha value is -0.0631. The number of benzene rings is 1. The lowest BCUT2D eigenvalue weighted by molar-refractivity contribution is 0.258. The van der Waals surface area contributed by atoms with Crippen molar-refractivity contribution in [2.24, 2.45) is 0 Å². The van der Waals surface area contributed by atoms with Gasteiger partial charge in [0.1, 0.15) is 0 Å². The fourth-order valence-corrected chi connectivity index (χ4v) is 2.71. The highest BCUT2D eigenvalue weighted by molar-refractivity contribution is 6.74. The molecule has 0 saturated heterocycles. The maximum absolute atomic E-state index is 9.38. The van der Waals surface area contributed by atoms with Crippen molar-refractivity contribution in [1.82, 2.24) is 0 Å². The van der Waals surface area contributed by atoms with Gasteiger partial charge in [-0.25, -0.2) is 0 Å². The molecule has 0 spiro atoms. The van der Waals surface area contributed by atoms with Gasteiger partial charge >= 0.3 is 0 Å². The van der Waals surface area contributed by atoms with Crippen molar-refractivity contribution in [2.45, 2.75) is 52.1 Å². The molecule has 5 heteroatoms. The van der Waals surface area contributed by atoms with Crippen molar-refractivity contribution < 1.29 is 9.53 Å². The van der Waals surface area contributed by atoms with Crippen LogP contribution in [-0.4, -0.2) is 13.4 Å². The predicted octanol–water partition coefficient (Wildman–Crippen LogP) is 5.01. The standard InChI is InChI=1S/C14H22Cl2O2Si/c1-14(2,3)19(4,5)18-9-11-7-13(16)12(15)6-10(11)8-17/h6-7,17H,8-9H2,1-5H3. The van der Waals surface area contributed by atoms with Gasteiger partial charge in [0.15, 0.2) is 8.32 Å². The summed E-state index contributed by atoms with van der Waals surface area (Å²) in [6.07, 6.45) is 0. The van der Waals surface area contributed by atoms with Crippen LogP contribution in [0.4, 0.5) is 0 Å². The first kappa shape index (κ1) is 17.0. The maximum Gasteiger partial charge on any atom is 0.192 e. The molecule has 0 atom stereocenters. The second-order valence-electron chi connectivity index (χ2n) is 6.24. The molecular weight excluding hydrogens is 299 g/mol. The molecule has 0 saturated carbocycles. The third kappa shape index (κ3) is 4.20. The van der Waals surface area contributed by atoms with Crippen molar-refractivity contribution in [3.8, 4) is 0 Å². The van der Waals surface area contributed by atoms with E-state index in [0.717, 1.165) is 11.1 Å². The van der Waals surface area contributed by atoms with E-state index in [1.54, 1.807) is 12.1 Å². The molecule has 108 valence electrons. The number of rotatable bonds is 4. The Kier molecular flexibility index (Phi) is 5.49. The Balaban J connectivity index is 2.92. The minimum absolute atomic E-state index is 0.0624. The second-order valence-corrected chi connectivity index (χ2v) is 11.9. The summed E-state index contributed by atoms with van der Waals surface area (Å²) in [6.45, 7) is 11.4. The molecule has 1 aromatic carbocycles. The molecule has 0 radical (unpaired) electrons. The van der Waals surface area contributed by atoms with Crippen LogP contribution in [0.5, 0.6) is 0 Å². The average Bonchev–Trinajstić information content (AvgIpc) is 2.28. The van der Waals surface area contributed by atoms with Crippen LogP contribution in [0.25, 0.3) is 0 Å². The quantitative estimate of drug-likeness (QED) is 0.790. The zero-order valence-electron chi connectivity index (χ0n) is 12.2. The summed E-state index contributed by atoms with van der Waals surface area (Å²) in [5.74, 6) is 0. The highest BCUT2D eigenvalue weighted by Gasteiger charge is 2.37. The number of aliphatic hydroxyl groups is 1. The maximum atomic E-state index is 9.38. The molecule has 1 N–H and O–H groups in total. The second kappa shape index (κ2) is 6.14. The van der Waals surface area contributed by atoms with E-state index in [4.69, 9.17) is 27.6 Å². The Morgan fingerprint density at radius 3 is 2.00 bits per heavy atom. The van der Waals surface area contributed by atoms with E-state index < -0.39 is 8.32 Å². The van der Waals surface area contributed by atoms with Gasteiger partial charge in [-0.3, -0.25) is 0 Å². The molecule has 2 nitrogen and oxygen atoms in total. The number of hydrogen-bond donors (Lipinski definition) is 1. The summed E-state index contributed by atoms with van der Waals surface area (Å²) in [4.78, 5) is 0. The number of hydrogen-bond acceptors (Lipinski definition) is 2. The molecular formula is C14H22Cl2O2Si. The smallest absolute Gasteiger partial charge is 0.192 e. The summed E-state index contributed by atoms with van der Waals surface area (Å²) in [5.41, 5.74) is 1.68. The molecule has 0 aliphatic rings. The van der Waals surface area contributed by atoms with E-state index in [0.29, 0.717) is 16.7 Å². The van der Waals surface area contributed by atoms with E-state index in [2.05, 4.69) is 33.9 Å². The summed E-state index contributed by atoms with van der Waals surface area (Å²) < 4.78 is 6.14. The van der Waals surface area contributed by atoms with E-state index in [-0.39, 0.29) is 11.6 Å². The molecule has 0 heterocycles. The van der Waals surface area contributed by atoms with E-state index in [9.17, 15) is 5.11 Å². The van der Waals surface area contributed by atoms with Gasteiger partial charge in [0.25, 0.3) is 0 Å². The lowest BCUT2D eigenvalue weighted by atomic mass is 10.1. The van der Waals surface area contributed by atoms with Crippen LogP contribution >= 0.6 is 23.2 Å². The van der Waals surface area contributed by atoms with Crippen molar-refractivity contribution in [3.63, 3.8) is 0 Å². The molecule has 0 unspecified atom stereocenters. The summed E-state index contributed by atoms with van der Waals surface area (Å²) >= 11 is 12.0. The SMILES string of the molecule is CC(C)(C)[Si](C)(C)OCc1cc(Cl)c(Cl)cc1CO. The van der Waals surface area contributed by atoms with E-state index in [1.165, 1.54) is 0 Å². The molecule has 1 aromatic rings. The Morgan fingerprint density at radius 2 is 1.58 bits per heavy atom. The van der Waals surface area contributed by atoms with Gasteiger partial charge in [-0.05, 0) is 41.4 Å². The largest absolute Gasteiger partial charge is 0.413 e. The predicted molar refractivity (Wildman–Crippen MR) is 84.4 cm³/mol. The molecule has 0 amide bonds. The summed E-state index contributed by atoms with van der Waals surface area (Å²) in [5, 5.41) is 10.5. The zero-order valence-corrected chi connectivity index (χ0v) is 14.7. The normalized spacial score (nSPS) is 12.8. The van der Waals surface area contributed by atoms with Crippen LogP contribution in [0.1, 0.15) is 31.9 Å². The lowest BCUT2D eigenvalue weighted by Gasteiger charge is -2.36. The minimum atomic E-state index is -1.81. The third-order valence-electron chi connectivity index (χ3n) is 3.81. The first-order chi connectivity index (χ1) is 8.58. The Labute approximate surface area is 126 Å². The summed E-state index contributed by atoms with van der Waals surface area (Å²) in [7, 11) is -1.81. The number of aliphatic hydroxyl groups excluding tert-OH is 1. The molecule has 0 bridgehead atoms. The van der Waals surface area contributed by atoms with Gasteiger partial charge in [0.2, 0.25) is 0 Å². The molecule has 0 aliphatic heterocycles. The lowest BCUT2D eigenvalue weighted by Crippen LogP contribution is -2.40. The van der Waals surface area contributed by atoms with Crippen LogP contribution in [0.2, 0.25) is 28.2 Å². The topological polar surface area (TPSA) is 29.5 Å². The van der Waals surface area contributed by atoms with Crippen LogP contribution in [0.15, 0.2) is 12.1 Å². The highest BCUT2D eigenvalue weighted by Crippen LogP contribution is 2.37. The molecule has 19 heavy (non-hydrogen) atoms. The van der Waals surface area contributed by atoms with Gasteiger partial charge in [0, 0.05) is 0 Å². The van der Waals surface area contributed by atoms with Crippen LogP contribution in [0, 0.1) is 0 Å². The Bertz CT molecular complexity index is 453. The molecule has 0 aliphatic carbocycles. The third-order valence-corrected chi connectivity index (χ3v) is 9.01. The van der Waals surface area contributed by atoms with E-state index >= 15 is 0 Å². The highest BCUT2D eigenvalue weighted by atomic mass is 35.5. The first-order valence-electron chi connectivity index (χ1n) is 6.30. The molecule has 0 fully saturated rings. The van der Waals surface area contributed by atoms with Gasteiger partial charge in [0.05, 0.1) is 23.3 Å². The average molecular weight is 321 g/mol. The fourth-order valence-electron chi connectivity index (χ4n) is 1.39. The van der Waals surface area contributed by atoms with Crippen molar-refractivity contribution in [3.05, 3.63) is 33.3 Å². The van der Waals surface area contributed by atoms with Crippen LogP contribution in [-0.2, 0) is 17.6 Å². The monoisotopic (exact) mass is 320 g/mol. The van der Waals surface area contributed by atoms with Crippen LogP contribution < -0.4 is 0 Å². The minimum Gasteiger partial charge on any atom is -0.413 e. The zero-order chi connectivity index (χ0) is 14.8. The molecule has 0 aromatic heterocycles. The Morgan fingerprint density at radius 1 is 1.11 bits per heavy atom. The van der Waals surface area contributed by atoms with Crippen LogP contribution in [0.3, 0.4) is 0 Å². The van der Waals surface area contributed by atoms with Crippen molar-refractivity contribution in [1.29, 1.82) is 0 Å². The van der Waals surface area contributed by atoms with E-state index in [1.807, 2.05) is 0 Å². The van der Waals surface area contributed by atoms with Gasteiger partial charge in [-0.1, -0.05) is 44.0 Å². The van der Waals surface area contributed by atoms with Gasteiger partial charge in [-0.2, -0.15) is 0 Å². The van der Waals surface area contributed by atoms with Gasteiger partial charge < -0.3 is 9.53 Å². The summed E-state index contributed by atoms with van der Waals surface area (Å²) in [6, 6.07) is 3.48.